The van der Waals surface area contributed by atoms with Gasteiger partial charge in [-0.25, -0.2) is 4.99 Å². The lowest BCUT2D eigenvalue weighted by atomic mass is 9.98. The molecule has 1 aliphatic rings. The summed E-state index contributed by atoms with van der Waals surface area (Å²) in [4.78, 5) is 11.0. The van der Waals surface area contributed by atoms with Crippen LogP contribution in [0, 0.1) is 0 Å². The van der Waals surface area contributed by atoms with Gasteiger partial charge in [0, 0.05) is 32.7 Å². The molecule has 5 nitrogen and oxygen atoms in total. The third-order valence-electron chi connectivity index (χ3n) is 12.2. The Bertz CT molecular complexity index is 3530. The van der Waals surface area contributed by atoms with Crippen LogP contribution in [0.4, 0.5) is 0 Å². The summed E-state index contributed by atoms with van der Waals surface area (Å²) in [5.74, 6) is 1.39. The number of fused-ring (bicyclic) bond motifs is 7. The molecule has 0 fully saturated rings. The summed E-state index contributed by atoms with van der Waals surface area (Å²) in [5, 5.41) is 8.36. The van der Waals surface area contributed by atoms with E-state index in [0.717, 1.165) is 88.7 Å². The summed E-state index contributed by atoms with van der Waals surface area (Å²) in [7, 11) is 0. The molecule has 62 heavy (non-hydrogen) atoms. The van der Waals surface area contributed by atoms with Crippen molar-refractivity contribution in [2.24, 2.45) is 9.98 Å². The molecule has 0 aliphatic carbocycles. The van der Waals surface area contributed by atoms with Crippen LogP contribution in [-0.4, -0.2) is 20.9 Å². The predicted molar refractivity (Wildman–Crippen MR) is 258 cm³/mol. The second kappa shape index (κ2) is 14.8. The van der Waals surface area contributed by atoms with Gasteiger partial charge in [-0.05, 0) is 57.6 Å². The normalized spacial score (nSPS) is 14.0. The van der Waals surface area contributed by atoms with Gasteiger partial charge in [0.15, 0.2) is 0 Å². The van der Waals surface area contributed by atoms with Crippen LogP contribution in [0.15, 0.2) is 234 Å². The molecule has 292 valence electrons. The summed E-state index contributed by atoms with van der Waals surface area (Å²) < 4.78 is 4.80. The number of para-hydroxylation sites is 2. The number of hydrogen-bond donors (Lipinski definition) is 1. The molecule has 1 atom stereocenters. The fourth-order valence-corrected chi connectivity index (χ4v) is 9.31. The number of benzene rings is 9. The Hall–Kier alpha value is -8.28. The van der Waals surface area contributed by atoms with Gasteiger partial charge in [0.2, 0.25) is 5.96 Å². The summed E-state index contributed by atoms with van der Waals surface area (Å²) in [5.41, 5.74) is 14.4. The van der Waals surface area contributed by atoms with Crippen molar-refractivity contribution < 1.29 is 0 Å². The summed E-state index contributed by atoms with van der Waals surface area (Å²) in [6.07, 6.45) is -0.408. The van der Waals surface area contributed by atoms with E-state index in [4.69, 9.17) is 9.98 Å². The molecule has 0 radical (unpaired) electrons. The molecular formula is C57H39N5. The third kappa shape index (κ3) is 5.94. The first-order chi connectivity index (χ1) is 30.8. The zero-order valence-electron chi connectivity index (χ0n) is 33.7. The lowest BCUT2D eigenvalue weighted by molar-refractivity contribution is 0.669. The number of amidine groups is 1. The van der Waals surface area contributed by atoms with Crippen molar-refractivity contribution in [3.8, 4) is 39.1 Å². The van der Waals surface area contributed by atoms with Crippen LogP contribution in [0.3, 0.4) is 0 Å². The van der Waals surface area contributed by atoms with Crippen molar-refractivity contribution in [1.82, 2.24) is 14.5 Å². The third-order valence-corrected chi connectivity index (χ3v) is 12.2. The zero-order valence-corrected chi connectivity index (χ0v) is 33.7. The Morgan fingerprint density at radius 1 is 0.371 bits per heavy atom. The maximum atomic E-state index is 5.56. The highest BCUT2D eigenvalue weighted by Gasteiger charge is 2.27. The van der Waals surface area contributed by atoms with Crippen LogP contribution in [0.25, 0.3) is 82.7 Å². The van der Waals surface area contributed by atoms with Crippen molar-refractivity contribution >= 4 is 55.4 Å². The Morgan fingerprint density at radius 3 is 1.50 bits per heavy atom. The van der Waals surface area contributed by atoms with E-state index in [1.165, 1.54) is 10.9 Å². The molecule has 11 aromatic rings. The van der Waals surface area contributed by atoms with Gasteiger partial charge in [-0.2, -0.15) is 4.99 Å². The highest BCUT2D eigenvalue weighted by molar-refractivity contribution is 6.26. The Balaban J connectivity index is 1.19. The van der Waals surface area contributed by atoms with Gasteiger partial charge in [-0.3, -0.25) is 4.57 Å². The Morgan fingerprint density at radius 2 is 0.871 bits per heavy atom. The maximum Gasteiger partial charge on any atom is 0.234 e. The van der Waals surface area contributed by atoms with E-state index in [0.29, 0.717) is 5.96 Å². The minimum absolute atomic E-state index is 0.408. The monoisotopic (exact) mass is 793 g/mol. The van der Waals surface area contributed by atoms with Gasteiger partial charge in [0.05, 0.1) is 27.8 Å². The molecule has 0 amide bonds. The molecule has 1 unspecified atom stereocenters. The SMILES string of the molecule is c1ccc(C2=NC(n3c4ccccc4c4ccc5c6ccccc6n(-c6cc(-c7ccccc7)ccc6-c6ccccc6)c5c43)=NC(c3cccc(-c4ccccc4)c3)N2)cc1. The van der Waals surface area contributed by atoms with Gasteiger partial charge in [0.25, 0.3) is 0 Å². The molecule has 0 saturated carbocycles. The molecule has 0 bridgehead atoms. The van der Waals surface area contributed by atoms with Gasteiger partial charge in [-0.1, -0.05) is 200 Å². The number of aliphatic imine (C=N–C) groups is 2. The largest absolute Gasteiger partial charge is 0.344 e. The molecule has 0 saturated heterocycles. The maximum absolute atomic E-state index is 5.56. The van der Waals surface area contributed by atoms with Crippen LogP contribution >= 0.6 is 0 Å². The standard InChI is InChI=1S/C57H39N5/c1-5-18-38(19-6-1)42-26-17-27-44(36-42)56-58-55(41-24-11-4-12-25-41)59-57(60-56)62-51-31-16-14-29-47(51)49-35-34-48-46-28-13-15-30-50(46)61(53(48)54(49)62)52-37-43(39-20-7-2-8-21-39)32-33-45(52)40-22-9-3-10-23-40/h1-37,56H,(H,58,59,60). The summed E-state index contributed by atoms with van der Waals surface area (Å²) in [6, 6.07) is 80.0. The fraction of sp³-hybridized carbons (Fsp3) is 0.0175. The first-order valence-corrected chi connectivity index (χ1v) is 21.1. The first-order valence-electron chi connectivity index (χ1n) is 21.1. The van der Waals surface area contributed by atoms with E-state index in [1.54, 1.807) is 0 Å². The first kappa shape index (κ1) is 35.6. The molecule has 9 aromatic carbocycles. The van der Waals surface area contributed by atoms with Gasteiger partial charge >= 0.3 is 0 Å². The lowest BCUT2D eigenvalue weighted by Crippen LogP contribution is -2.35. The Kier molecular flexibility index (Phi) is 8.49. The minimum Gasteiger partial charge on any atom is -0.344 e. The number of hydrogen-bond acceptors (Lipinski definition) is 3. The smallest absolute Gasteiger partial charge is 0.234 e. The molecule has 3 heterocycles. The number of nitrogens with zero attached hydrogens (tertiary/aromatic N) is 4. The van der Waals surface area contributed by atoms with Gasteiger partial charge < -0.3 is 9.88 Å². The molecule has 1 aliphatic heterocycles. The number of aromatic nitrogens is 2. The molecule has 0 spiro atoms. The minimum atomic E-state index is -0.408. The van der Waals surface area contributed by atoms with E-state index in [-0.39, 0.29) is 0 Å². The van der Waals surface area contributed by atoms with Crippen LogP contribution in [0.2, 0.25) is 0 Å². The van der Waals surface area contributed by atoms with Crippen molar-refractivity contribution in [1.29, 1.82) is 0 Å². The van der Waals surface area contributed by atoms with Crippen LogP contribution < -0.4 is 5.32 Å². The molecule has 12 rings (SSSR count). The quantitative estimate of drug-likeness (QED) is 0.179. The number of nitrogens with one attached hydrogen (secondary N) is 1. The van der Waals surface area contributed by atoms with Crippen LogP contribution in [0.1, 0.15) is 17.3 Å². The molecular weight excluding hydrogens is 755 g/mol. The van der Waals surface area contributed by atoms with Crippen molar-refractivity contribution in [2.75, 3.05) is 0 Å². The number of rotatable bonds is 6. The molecule has 1 N–H and O–H groups in total. The molecule has 5 heteroatoms. The summed E-state index contributed by atoms with van der Waals surface area (Å²) >= 11 is 0. The van der Waals surface area contributed by atoms with Crippen molar-refractivity contribution in [3.05, 3.63) is 236 Å². The lowest BCUT2D eigenvalue weighted by Gasteiger charge is -2.25. The average Bonchev–Trinajstić information content (AvgIpc) is 3.88. The van der Waals surface area contributed by atoms with E-state index >= 15 is 0 Å². The predicted octanol–water partition coefficient (Wildman–Crippen LogP) is 13.8. The van der Waals surface area contributed by atoms with Crippen molar-refractivity contribution in [2.45, 2.75) is 6.17 Å². The van der Waals surface area contributed by atoms with Crippen LogP contribution in [0.5, 0.6) is 0 Å². The average molecular weight is 794 g/mol. The van der Waals surface area contributed by atoms with Crippen molar-refractivity contribution in [3.63, 3.8) is 0 Å². The van der Waals surface area contributed by atoms with Crippen LogP contribution in [-0.2, 0) is 0 Å². The topological polar surface area (TPSA) is 46.6 Å². The van der Waals surface area contributed by atoms with E-state index in [9.17, 15) is 0 Å². The van der Waals surface area contributed by atoms with E-state index in [2.05, 4.69) is 233 Å². The second-order valence-electron chi connectivity index (χ2n) is 15.8. The molecule has 2 aromatic heterocycles. The van der Waals surface area contributed by atoms with E-state index in [1.807, 2.05) is 6.07 Å². The second-order valence-corrected chi connectivity index (χ2v) is 15.8. The van der Waals surface area contributed by atoms with E-state index < -0.39 is 6.17 Å². The van der Waals surface area contributed by atoms with Gasteiger partial charge in [0.1, 0.15) is 12.0 Å². The zero-order chi connectivity index (χ0) is 41.0. The fourth-order valence-electron chi connectivity index (χ4n) is 9.31. The highest BCUT2D eigenvalue weighted by Crippen LogP contribution is 2.43. The summed E-state index contributed by atoms with van der Waals surface area (Å²) in [6.45, 7) is 0. The Labute approximate surface area is 359 Å². The van der Waals surface area contributed by atoms with Gasteiger partial charge in [-0.15, -0.1) is 0 Å². The highest BCUT2D eigenvalue weighted by atomic mass is 15.3.